The lowest BCUT2D eigenvalue weighted by molar-refractivity contribution is 0.0145. The van der Waals surface area contributed by atoms with Crippen LogP contribution < -0.4 is 0 Å². The van der Waals surface area contributed by atoms with Crippen molar-refractivity contribution in [3.8, 4) is 12.3 Å². The first-order chi connectivity index (χ1) is 7.44. The van der Waals surface area contributed by atoms with Crippen LogP contribution in [0.1, 0.15) is 29.8 Å². The molecule has 0 bridgehead atoms. The van der Waals surface area contributed by atoms with Crippen LogP contribution in [-0.2, 0) is 11.3 Å². The van der Waals surface area contributed by atoms with Gasteiger partial charge in [-0.1, -0.05) is 18.1 Å². The lowest BCUT2D eigenvalue weighted by Crippen LogP contribution is -2.21. The standard InChI is InChI=1S/C13H14O3/c1-4-13(2,3)16-9-10-6-5-7-11(8-10)12(14)15/h1,5-8H,9H2,2-3H3,(H,14,15). The Bertz CT molecular complexity index is 427. The van der Waals surface area contributed by atoms with E-state index in [2.05, 4.69) is 5.92 Å². The van der Waals surface area contributed by atoms with E-state index in [1.165, 1.54) is 6.07 Å². The molecule has 0 heterocycles. The number of hydrogen-bond donors (Lipinski definition) is 1. The van der Waals surface area contributed by atoms with E-state index in [0.29, 0.717) is 6.61 Å². The molecule has 3 heteroatoms. The van der Waals surface area contributed by atoms with Gasteiger partial charge < -0.3 is 9.84 Å². The first kappa shape index (κ1) is 12.3. The summed E-state index contributed by atoms with van der Waals surface area (Å²) in [7, 11) is 0. The Morgan fingerprint density at radius 1 is 1.56 bits per heavy atom. The maximum Gasteiger partial charge on any atom is 0.335 e. The van der Waals surface area contributed by atoms with Crippen molar-refractivity contribution in [1.29, 1.82) is 0 Å². The zero-order chi connectivity index (χ0) is 12.2. The highest BCUT2D eigenvalue weighted by molar-refractivity contribution is 5.87. The predicted molar refractivity (Wildman–Crippen MR) is 61.1 cm³/mol. The number of carboxylic acids is 1. The molecule has 1 aromatic carbocycles. The lowest BCUT2D eigenvalue weighted by Gasteiger charge is -2.18. The average Bonchev–Trinajstić information content (AvgIpc) is 2.27. The predicted octanol–water partition coefficient (Wildman–Crippen LogP) is 2.31. The van der Waals surface area contributed by atoms with E-state index in [9.17, 15) is 4.79 Å². The largest absolute Gasteiger partial charge is 0.478 e. The maximum absolute atomic E-state index is 10.7. The monoisotopic (exact) mass is 218 g/mol. The highest BCUT2D eigenvalue weighted by Gasteiger charge is 2.14. The van der Waals surface area contributed by atoms with Crippen molar-refractivity contribution in [3.63, 3.8) is 0 Å². The molecule has 84 valence electrons. The lowest BCUT2D eigenvalue weighted by atomic mass is 10.1. The Hall–Kier alpha value is -1.79. The van der Waals surface area contributed by atoms with Gasteiger partial charge >= 0.3 is 5.97 Å². The second kappa shape index (κ2) is 4.82. The number of ether oxygens (including phenoxy) is 1. The SMILES string of the molecule is C#CC(C)(C)OCc1cccc(C(=O)O)c1. The average molecular weight is 218 g/mol. The highest BCUT2D eigenvalue weighted by Crippen LogP contribution is 2.13. The smallest absolute Gasteiger partial charge is 0.335 e. The summed E-state index contributed by atoms with van der Waals surface area (Å²) in [6, 6.07) is 6.61. The third-order valence-corrected chi connectivity index (χ3v) is 2.12. The number of hydrogen-bond acceptors (Lipinski definition) is 2. The molecule has 0 saturated heterocycles. The molecule has 1 rings (SSSR count). The summed E-state index contributed by atoms with van der Waals surface area (Å²) in [6.45, 7) is 3.88. The number of carboxylic acid groups (broad SMARTS) is 1. The van der Waals surface area contributed by atoms with Crippen LogP contribution in [0.25, 0.3) is 0 Å². The van der Waals surface area contributed by atoms with Crippen molar-refractivity contribution in [2.24, 2.45) is 0 Å². The summed E-state index contributed by atoms with van der Waals surface area (Å²) < 4.78 is 5.47. The van der Waals surface area contributed by atoms with E-state index < -0.39 is 11.6 Å². The van der Waals surface area contributed by atoms with Gasteiger partial charge in [-0.25, -0.2) is 4.79 Å². The van der Waals surface area contributed by atoms with Gasteiger partial charge in [-0.15, -0.1) is 6.42 Å². The van der Waals surface area contributed by atoms with Crippen molar-refractivity contribution in [3.05, 3.63) is 35.4 Å². The second-order valence-electron chi connectivity index (χ2n) is 3.95. The molecule has 0 unspecified atom stereocenters. The zero-order valence-electron chi connectivity index (χ0n) is 9.36. The minimum Gasteiger partial charge on any atom is -0.478 e. The van der Waals surface area contributed by atoms with Gasteiger partial charge in [0.15, 0.2) is 0 Å². The van der Waals surface area contributed by atoms with Gasteiger partial charge in [-0.3, -0.25) is 0 Å². The Morgan fingerprint density at radius 3 is 2.81 bits per heavy atom. The van der Waals surface area contributed by atoms with Gasteiger partial charge in [-0.05, 0) is 31.5 Å². The minimum absolute atomic E-state index is 0.250. The molecule has 0 aliphatic carbocycles. The van der Waals surface area contributed by atoms with Crippen LogP contribution in [0.2, 0.25) is 0 Å². The van der Waals surface area contributed by atoms with Gasteiger partial charge in [0, 0.05) is 0 Å². The van der Waals surface area contributed by atoms with Crippen LogP contribution in [0, 0.1) is 12.3 Å². The summed E-state index contributed by atoms with van der Waals surface area (Å²) in [5.41, 5.74) is 0.405. The maximum atomic E-state index is 10.7. The minimum atomic E-state index is -0.946. The fourth-order valence-corrected chi connectivity index (χ4v) is 1.10. The van der Waals surface area contributed by atoms with E-state index in [0.717, 1.165) is 5.56 Å². The Morgan fingerprint density at radius 2 is 2.25 bits per heavy atom. The van der Waals surface area contributed by atoms with E-state index in [1.807, 2.05) is 0 Å². The third kappa shape index (κ3) is 3.41. The van der Waals surface area contributed by atoms with Crippen molar-refractivity contribution < 1.29 is 14.6 Å². The molecule has 3 nitrogen and oxygen atoms in total. The Kier molecular flexibility index (Phi) is 3.70. The van der Waals surface area contributed by atoms with Gasteiger partial charge in [0.25, 0.3) is 0 Å². The van der Waals surface area contributed by atoms with Crippen LogP contribution in [-0.4, -0.2) is 16.7 Å². The molecule has 0 amide bonds. The van der Waals surface area contributed by atoms with Crippen LogP contribution in [0.5, 0.6) is 0 Å². The Labute approximate surface area is 95.1 Å². The van der Waals surface area contributed by atoms with Crippen LogP contribution in [0.4, 0.5) is 0 Å². The first-order valence-corrected chi connectivity index (χ1v) is 4.88. The van der Waals surface area contributed by atoms with E-state index >= 15 is 0 Å². The molecule has 0 spiro atoms. The van der Waals surface area contributed by atoms with Crippen LogP contribution in [0.15, 0.2) is 24.3 Å². The molecule has 0 aliphatic heterocycles. The molecule has 0 fully saturated rings. The summed E-state index contributed by atoms with van der Waals surface area (Å²) in [6.07, 6.45) is 5.28. The summed E-state index contributed by atoms with van der Waals surface area (Å²) in [5, 5.41) is 8.81. The van der Waals surface area contributed by atoms with Gasteiger partial charge in [0.1, 0.15) is 5.60 Å². The van der Waals surface area contributed by atoms with Crippen LogP contribution >= 0.6 is 0 Å². The number of benzene rings is 1. The number of aromatic carboxylic acids is 1. The third-order valence-electron chi connectivity index (χ3n) is 2.12. The fraction of sp³-hybridized carbons (Fsp3) is 0.308. The summed E-state index contributed by atoms with van der Waals surface area (Å²) in [5.74, 6) is 1.56. The molecule has 0 aromatic heterocycles. The van der Waals surface area contributed by atoms with E-state index in [1.54, 1.807) is 32.0 Å². The molecule has 16 heavy (non-hydrogen) atoms. The zero-order valence-corrected chi connectivity index (χ0v) is 9.36. The first-order valence-electron chi connectivity index (χ1n) is 4.88. The molecule has 0 aliphatic rings. The number of rotatable bonds is 4. The fourth-order valence-electron chi connectivity index (χ4n) is 1.10. The summed E-state index contributed by atoms with van der Waals surface area (Å²) >= 11 is 0. The number of carbonyl (C=O) groups is 1. The molecule has 0 radical (unpaired) electrons. The molecular weight excluding hydrogens is 204 g/mol. The molecule has 0 atom stereocenters. The van der Waals surface area contributed by atoms with Gasteiger partial charge in [0.2, 0.25) is 0 Å². The van der Waals surface area contributed by atoms with Gasteiger partial charge in [0.05, 0.1) is 12.2 Å². The van der Waals surface area contributed by atoms with Crippen LogP contribution in [0.3, 0.4) is 0 Å². The second-order valence-corrected chi connectivity index (χ2v) is 3.95. The van der Waals surface area contributed by atoms with Crippen molar-refractivity contribution in [2.45, 2.75) is 26.1 Å². The molecule has 1 N–H and O–H groups in total. The highest BCUT2D eigenvalue weighted by atomic mass is 16.5. The van der Waals surface area contributed by atoms with Crippen molar-refractivity contribution >= 4 is 5.97 Å². The number of terminal acetylenes is 1. The molecule has 1 aromatic rings. The van der Waals surface area contributed by atoms with Crippen molar-refractivity contribution in [2.75, 3.05) is 0 Å². The van der Waals surface area contributed by atoms with Crippen molar-refractivity contribution in [1.82, 2.24) is 0 Å². The van der Waals surface area contributed by atoms with E-state index in [4.69, 9.17) is 16.3 Å². The van der Waals surface area contributed by atoms with E-state index in [-0.39, 0.29) is 5.56 Å². The molecular formula is C13H14O3. The summed E-state index contributed by atoms with van der Waals surface area (Å²) in [4.78, 5) is 10.7. The van der Waals surface area contributed by atoms with Gasteiger partial charge in [-0.2, -0.15) is 0 Å². The molecule has 0 saturated carbocycles. The quantitative estimate of drug-likeness (QED) is 0.789. The topological polar surface area (TPSA) is 46.5 Å². The Balaban J connectivity index is 2.72. The normalized spacial score (nSPS) is 10.8.